The third-order valence-electron chi connectivity index (χ3n) is 4.84. The molecule has 1 aromatic rings. The van der Waals surface area contributed by atoms with Crippen LogP contribution in [0.15, 0.2) is 24.3 Å². The van der Waals surface area contributed by atoms with Crippen LogP contribution >= 0.6 is 24.0 Å². The standard InChI is InChI=1S/C17H25ClN2O.ClH/c1-3-17(4-2,13-5-7-14(18)8-6-13)16(21)20-11-9-15(19)10-12-20;/h5-8,15H,3-4,9-12,19H2,1-2H3;1H. The van der Waals surface area contributed by atoms with Gasteiger partial charge in [0.05, 0.1) is 5.41 Å². The third kappa shape index (κ3) is 3.76. The maximum absolute atomic E-state index is 13.1. The van der Waals surface area contributed by atoms with Gasteiger partial charge in [-0.2, -0.15) is 0 Å². The fourth-order valence-electron chi connectivity index (χ4n) is 3.26. The summed E-state index contributed by atoms with van der Waals surface area (Å²) < 4.78 is 0. The van der Waals surface area contributed by atoms with Gasteiger partial charge in [-0.05, 0) is 43.4 Å². The van der Waals surface area contributed by atoms with Gasteiger partial charge in [-0.1, -0.05) is 37.6 Å². The highest BCUT2D eigenvalue weighted by Gasteiger charge is 2.40. The van der Waals surface area contributed by atoms with E-state index in [9.17, 15) is 4.79 Å². The molecule has 1 heterocycles. The lowest BCUT2D eigenvalue weighted by atomic mass is 9.74. The normalized spacial score (nSPS) is 16.3. The number of carbonyl (C=O) groups is 1. The molecule has 0 bridgehead atoms. The van der Waals surface area contributed by atoms with E-state index in [1.165, 1.54) is 0 Å². The molecule has 1 aliphatic rings. The highest BCUT2D eigenvalue weighted by atomic mass is 35.5. The zero-order valence-corrected chi connectivity index (χ0v) is 14.9. The van der Waals surface area contributed by atoms with Crippen molar-refractivity contribution in [3.8, 4) is 0 Å². The van der Waals surface area contributed by atoms with Crippen LogP contribution in [0.25, 0.3) is 0 Å². The number of likely N-dealkylation sites (tertiary alicyclic amines) is 1. The molecule has 2 N–H and O–H groups in total. The highest BCUT2D eigenvalue weighted by molar-refractivity contribution is 6.30. The van der Waals surface area contributed by atoms with Gasteiger partial charge in [-0.15, -0.1) is 12.4 Å². The van der Waals surface area contributed by atoms with Gasteiger partial charge >= 0.3 is 0 Å². The van der Waals surface area contributed by atoms with Crippen LogP contribution in [0, 0.1) is 0 Å². The molecule has 1 aromatic carbocycles. The summed E-state index contributed by atoms with van der Waals surface area (Å²) in [7, 11) is 0. The molecule has 0 atom stereocenters. The van der Waals surface area contributed by atoms with E-state index in [1.54, 1.807) is 0 Å². The molecule has 0 aromatic heterocycles. The van der Waals surface area contributed by atoms with Crippen molar-refractivity contribution in [3.63, 3.8) is 0 Å². The molecule has 0 spiro atoms. The molecule has 22 heavy (non-hydrogen) atoms. The van der Waals surface area contributed by atoms with E-state index in [2.05, 4.69) is 13.8 Å². The minimum absolute atomic E-state index is 0. The lowest BCUT2D eigenvalue weighted by Gasteiger charge is -2.39. The number of hydrogen-bond acceptors (Lipinski definition) is 2. The molecule has 0 saturated carbocycles. The summed E-state index contributed by atoms with van der Waals surface area (Å²) in [6.07, 6.45) is 3.39. The largest absolute Gasteiger partial charge is 0.342 e. The molecule has 5 heteroatoms. The number of halogens is 2. The molecule has 1 aliphatic heterocycles. The second-order valence-electron chi connectivity index (χ2n) is 5.93. The number of piperidine rings is 1. The van der Waals surface area contributed by atoms with Crippen molar-refractivity contribution in [1.82, 2.24) is 4.90 Å². The van der Waals surface area contributed by atoms with Gasteiger partial charge in [0.2, 0.25) is 5.91 Å². The molecule has 0 radical (unpaired) electrons. The van der Waals surface area contributed by atoms with Gasteiger partial charge in [0.15, 0.2) is 0 Å². The zero-order chi connectivity index (χ0) is 15.5. The fourth-order valence-corrected chi connectivity index (χ4v) is 3.38. The Morgan fingerprint density at radius 2 is 1.73 bits per heavy atom. The first-order valence-corrected chi connectivity index (χ1v) is 8.22. The van der Waals surface area contributed by atoms with Crippen molar-refractivity contribution in [1.29, 1.82) is 0 Å². The Morgan fingerprint density at radius 3 is 2.18 bits per heavy atom. The average Bonchev–Trinajstić information content (AvgIpc) is 2.51. The van der Waals surface area contributed by atoms with Crippen LogP contribution in [0.4, 0.5) is 0 Å². The van der Waals surface area contributed by atoms with Crippen LogP contribution in [-0.4, -0.2) is 29.9 Å². The van der Waals surface area contributed by atoms with Gasteiger partial charge in [0.1, 0.15) is 0 Å². The molecule has 0 aliphatic carbocycles. The van der Waals surface area contributed by atoms with Crippen molar-refractivity contribution in [2.24, 2.45) is 5.73 Å². The molecular formula is C17H26Cl2N2O. The van der Waals surface area contributed by atoms with E-state index >= 15 is 0 Å². The number of rotatable bonds is 4. The van der Waals surface area contributed by atoms with Crippen LogP contribution in [0.3, 0.4) is 0 Å². The lowest BCUT2D eigenvalue weighted by molar-refractivity contribution is -0.139. The molecule has 1 saturated heterocycles. The van der Waals surface area contributed by atoms with Gasteiger partial charge in [-0.3, -0.25) is 4.79 Å². The number of amides is 1. The Morgan fingerprint density at radius 1 is 1.23 bits per heavy atom. The molecule has 2 rings (SSSR count). The Bertz CT molecular complexity index is 478. The van der Waals surface area contributed by atoms with E-state index in [1.807, 2.05) is 29.2 Å². The predicted octanol–water partition coefficient (Wildman–Crippen LogP) is 3.77. The van der Waals surface area contributed by atoms with Crippen molar-refractivity contribution in [2.45, 2.75) is 51.0 Å². The summed E-state index contributed by atoms with van der Waals surface area (Å²) in [5, 5.41) is 0.705. The van der Waals surface area contributed by atoms with Crippen LogP contribution in [-0.2, 0) is 10.2 Å². The first-order chi connectivity index (χ1) is 10.0. The SMILES string of the molecule is CCC(CC)(C(=O)N1CCC(N)CC1)c1ccc(Cl)cc1.Cl. The average molecular weight is 345 g/mol. The summed E-state index contributed by atoms with van der Waals surface area (Å²) >= 11 is 5.98. The first-order valence-electron chi connectivity index (χ1n) is 7.84. The quantitative estimate of drug-likeness (QED) is 0.903. The monoisotopic (exact) mass is 344 g/mol. The van der Waals surface area contributed by atoms with E-state index in [4.69, 9.17) is 17.3 Å². The Labute approximate surface area is 144 Å². The minimum atomic E-state index is -0.438. The van der Waals surface area contributed by atoms with Crippen LogP contribution < -0.4 is 5.73 Å². The molecule has 124 valence electrons. The van der Waals surface area contributed by atoms with Crippen molar-refractivity contribution in [2.75, 3.05) is 13.1 Å². The molecule has 1 amide bonds. The Hall–Kier alpha value is -0.770. The second kappa shape index (κ2) is 8.19. The molecular weight excluding hydrogens is 319 g/mol. The smallest absolute Gasteiger partial charge is 0.233 e. The van der Waals surface area contributed by atoms with E-state index in [0.717, 1.165) is 44.3 Å². The van der Waals surface area contributed by atoms with E-state index < -0.39 is 5.41 Å². The van der Waals surface area contributed by atoms with Gasteiger partial charge in [0.25, 0.3) is 0 Å². The molecule has 0 unspecified atom stereocenters. The second-order valence-corrected chi connectivity index (χ2v) is 6.36. The van der Waals surface area contributed by atoms with Crippen LogP contribution in [0.5, 0.6) is 0 Å². The number of nitrogens with two attached hydrogens (primary N) is 1. The number of benzene rings is 1. The maximum atomic E-state index is 13.1. The Balaban J connectivity index is 0.00000242. The van der Waals surface area contributed by atoms with Crippen LogP contribution in [0.1, 0.15) is 45.1 Å². The number of hydrogen-bond donors (Lipinski definition) is 1. The van der Waals surface area contributed by atoms with Crippen molar-refractivity contribution >= 4 is 29.9 Å². The predicted molar refractivity (Wildman–Crippen MR) is 94.7 cm³/mol. The summed E-state index contributed by atoms with van der Waals surface area (Å²) in [6.45, 7) is 5.72. The van der Waals surface area contributed by atoms with Gasteiger partial charge in [-0.25, -0.2) is 0 Å². The topological polar surface area (TPSA) is 46.3 Å². The molecule has 1 fully saturated rings. The third-order valence-corrected chi connectivity index (χ3v) is 5.09. The Kier molecular flexibility index (Phi) is 7.17. The zero-order valence-electron chi connectivity index (χ0n) is 13.3. The van der Waals surface area contributed by atoms with Crippen molar-refractivity contribution < 1.29 is 4.79 Å². The summed E-state index contributed by atoms with van der Waals surface area (Å²) in [5.41, 5.74) is 6.57. The first kappa shape index (κ1) is 19.3. The van der Waals surface area contributed by atoms with E-state index in [-0.39, 0.29) is 24.4 Å². The van der Waals surface area contributed by atoms with Crippen LogP contribution in [0.2, 0.25) is 5.02 Å². The number of carbonyl (C=O) groups excluding carboxylic acids is 1. The van der Waals surface area contributed by atoms with E-state index in [0.29, 0.717) is 5.02 Å². The van der Waals surface area contributed by atoms with Gasteiger partial charge < -0.3 is 10.6 Å². The summed E-state index contributed by atoms with van der Waals surface area (Å²) in [4.78, 5) is 15.1. The minimum Gasteiger partial charge on any atom is -0.342 e. The van der Waals surface area contributed by atoms with Gasteiger partial charge in [0, 0.05) is 24.2 Å². The fraction of sp³-hybridized carbons (Fsp3) is 0.588. The summed E-state index contributed by atoms with van der Waals surface area (Å²) in [6, 6.07) is 7.96. The number of nitrogens with zero attached hydrogens (tertiary/aromatic N) is 1. The summed E-state index contributed by atoms with van der Waals surface area (Å²) in [5.74, 6) is 0.238. The lowest BCUT2D eigenvalue weighted by Crippen LogP contribution is -2.51. The highest BCUT2D eigenvalue weighted by Crippen LogP contribution is 2.35. The molecule has 3 nitrogen and oxygen atoms in total. The van der Waals surface area contributed by atoms with Crippen molar-refractivity contribution in [3.05, 3.63) is 34.9 Å². The maximum Gasteiger partial charge on any atom is 0.233 e.